The first-order valence-corrected chi connectivity index (χ1v) is 8.46. The lowest BCUT2D eigenvalue weighted by molar-refractivity contribution is -0.121. The summed E-state index contributed by atoms with van der Waals surface area (Å²) in [6.07, 6.45) is 0.184. The summed E-state index contributed by atoms with van der Waals surface area (Å²) in [5.74, 6) is -0.124. The molecule has 0 fully saturated rings. The molecule has 0 aliphatic carbocycles. The molecule has 2 N–H and O–H groups in total. The Hall–Kier alpha value is -2.63. The van der Waals surface area contributed by atoms with E-state index >= 15 is 0 Å². The SMILES string of the molecule is Cc1ccc(C(=O)NNC(=O)Cc2c(C)nn(CC(C)C)c2C)cc1. The van der Waals surface area contributed by atoms with Crippen molar-refractivity contribution in [1.29, 1.82) is 0 Å². The Balaban J connectivity index is 1.95. The third kappa shape index (κ3) is 4.92. The van der Waals surface area contributed by atoms with E-state index in [4.69, 9.17) is 0 Å². The maximum atomic E-state index is 12.2. The van der Waals surface area contributed by atoms with Gasteiger partial charge in [0.25, 0.3) is 5.91 Å². The van der Waals surface area contributed by atoms with Gasteiger partial charge in [-0.1, -0.05) is 31.5 Å². The number of nitrogens with one attached hydrogen (secondary N) is 2. The van der Waals surface area contributed by atoms with E-state index in [0.717, 1.165) is 29.1 Å². The Morgan fingerprint density at radius 1 is 1.08 bits per heavy atom. The number of benzene rings is 1. The highest BCUT2D eigenvalue weighted by Gasteiger charge is 2.16. The number of hydrazine groups is 1. The molecule has 0 unspecified atom stereocenters. The third-order valence-electron chi connectivity index (χ3n) is 4.04. The van der Waals surface area contributed by atoms with Crippen LogP contribution in [0.1, 0.15) is 46.7 Å². The summed E-state index contributed by atoms with van der Waals surface area (Å²) in [4.78, 5) is 24.2. The zero-order valence-electron chi connectivity index (χ0n) is 15.5. The molecule has 0 aliphatic heterocycles. The quantitative estimate of drug-likeness (QED) is 0.820. The number of amides is 2. The second-order valence-corrected chi connectivity index (χ2v) is 6.77. The van der Waals surface area contributed by atoms with Gasteiger partial charge in [-0.05, 0) is 38.8 Å². The molecule has 6 heteroatoms. The van der Waals surface area contributed by atoms with Crippen molar-refractivity contribution >= 4 is 11.8 Å². The largest absolute Gasteiger partial charge is 0.273 e. The second kappa shape index (κ2) is 7.96. The van der Waals surface area contributed by atoms with Crippen LogP contribution in [0.4, 0.5) is 0 Å². The molecule has 0 aliphatic rings. The van der Waals surface area contributed by atoms with E-state index in [-0.39, 0.29) is 18.2 Å². The van der Waals surface area contributed by atoms with Crippen LogP contribution in [0.2, 0.25) is 0 Å². The lowest BCUT2D eigenvalue weighted by atomic mass is 10.1. The molecule has 0 saturated carbocycles. The number of aromatic nitrogens is 2. The summed E-state index contributed by atoms with van der Waals surface area (Å²) in [5.41, 5.74) is 9.24. The molecule has 0 bridgehead atoms. The van der Waals surface area contributed by atoms with Crippen LogP contribution in [0.3, 0.4) is 0 Å². The second-order valence-electron chi connectivity index (χ2n) is 6.77. The van der Waals surface area contributed by atoms with Crippen molar-refractivity contribution in [2.45, 2.75) is 47.6 Å². The molecule has 134 valence electrons. The highest BCUT2D eigenvalue weighted by atomic mass is 16.2. The molecule has 1 aromatic heterocycles. The highest BCUT2D eigenvalue weighted by Crippen LogP contribution is 2.15. The van der Waals surface area contributed by atoms with Crippen molar-refractivity contribution in [3.05, 3.63) is 52.3 Å². The van der Waals surface area contributed by atoms with E-state index in [1.807, 2.05) is 37.6 Å². The van der Waals surface area contributed by atoms with Crippen molar-refractivity contribution in [3.63, 3.8) is 0 Å². The van der Waals surface area contributed by atoms with Gasteiger partial charge in [-0.2, -0.15) is 5.10 Å². The van der Waals surface area contributed by atoms with Gasteiger partial charge in [0.1, 0.15) is 0 Å². The number of rotatable bonds is 5. The molecular formula is C19H26N4O2. The minimum atomic E-state index is -0.336. The predicted octanol–water partition coefficient (Wildman–Crippen LogP) is 2.47. The summed E-state index contributed by atoms with van der Waals surface area (Å²) in [7, 11) is 0. The van der Waals surface area contributed by atoms with E-state index in [9.17, 15) is 9.59 Å². The third-order valence-corrected chi connectivity index (χ3v) is 4.04. The van der Waals surface area contributed by atoms with Gasteiger partial charge in [0.05, 0.1) is 12.1 Å². The molecular weight excluding hydrogens is 316 g/mol. The van der Waals surface area contributed by atoms with E-state index < -0.39 is 0 Å². The number of nitrogens with zero attached hydrogens (tertiary/aromatic N) is 2. The molecule has 2 aromatic rings. The molecule has 6 nitrogen and oxygen atoms in total. The molecule has 1 heterocycles. The van der Waals surface area contributed by atoms with Gasteiger partial charge in [-0.25, -0.2) is 0 Å². The fourth-order valence-corrected chi connectivity index (χ4v) is 2.62. The van der Waals surface area contributed by atoms with Crippen molar-refractivity contribution in [2.75, 3.05) is 0 Å². The van der Waals surface area contributed by atoms with E-state index in [1.54, 1.807) is 12.1 Å². The van der Waals surface area contributed by atoms with Gasteiger partial charge < -0.3 is 0 Å². The van der Waals surface area contributed by atoms with Crippen LogP contribution in [-0.4, -0.2) is 21.6 Å². The number of aryl methyl sites for hydroxylation is 2. The van der Waals surface area contributed by atoms with Gasteiger partial charge in [0, 0.05) is 23.4 Å². The Bertz CT molecular complexity index is 760. The van der Waals surface area contributed by atoms with Crippen molar-refractivity contribution in [2.24, 2.45) is 5.92 Å². The van der Waals surface area contributed by atoms with Gasteiger partial charge in [-0.3, -0.25) is 25.1 Å². The van der Waals surface area contributed by atoms with Gasteiger partial charge >= 0.3 is 0 Å². The number of hydrogen-bond donors (Lipinski definition) is 2. The van der Waals surface area contributed by atoms with Crippen LogP contribution in [-0.2, 0) is 17.8 Å². The molecule has 0 spiro atoms. The average Bonchev–Trinajstić information content (AvgIpc) is 2.80. The minimum Gasteiger partial charge on any atom is -0.273 e. The molecule has 0 saturated heterocycles. The van der Waals surface area contributed by atoms with Crippen LogP contribution >= 0.6 is 0 Å². The first kappa shape index (κ1) is 18.7. The maximum Gasteiger partial charge on any atom is 0.269 e. The van der Waals surface area contributed by atoms with Crippen molar-refractivity contribution in [1.82, 2.24) is 20.6 Å². The van der Waals surface area contributed by atoms with E-state index in [2.05, 4.69) is 29.8 Å². The summed E-state index contributed by atoms with van der Waals surface area (Å²) in [5, 5.41) is 4.50. The van der Waals surface area contributed by atoms with Gasteiger partial charge in [0.2, 0.25) is 5.91 Å². The lowest BCUT2D eigenvalue weighted by Gasteiger charge is -2.09. The van der Waals surface area contributed by atoms with Crippen LogP contribution in [0.25, 0.3) is 0 Å². The monoisotopic (exact) mass is 342 g/mol. The van der Waals surface area contributed by atoms with E-state index in [0.29, 0.717) is 11.5 Å². The van der Waals surface area contributed by atoms with Crippen LogP contribution in [0, 0.1) is 26.7 Å². The predicted molar refractivity (Wildman–Crippen MR) is 97.0 cm³/mol. The number of hydrogen-bond acceptors (Lipinski definition) is 3. The molecule has 0 atom stereocenters. The molecule has 1 aromatic carbocycles. The molecule has 0 radical (unpaired) electrons. The molecule has 25 heavy (non-hydrogen) atoms. The Labute approximate surface area is 148 Å². The zero-order chi connectivity index (χ0) is 18.6. The summed E-state index contributed by atoms with van der Waals surface area (Å²) in [6, 6.07) is 7.15. The maximum absolute atomic E-state index is 12.2. The summed E-state index contributed by atoms with van der Waals surface area (Å²) < 4.78 is 1.94. The number of carbonyl (C=O) groups is 2. The minimum absolute atomic E-state index is 0.184. The topological polar surface area (TPSA) is 76.0 Å². The van der Waals surface area contributed by atoms with Crippen LogP contribution < -0.4 is 10.9 Å². The smallest absolute Gasteiger partial charge is 0.269 e. The first-order valence-electron chi connectivity index (χ1n) is 8.46. The fourth-order valence-electron chi connectivity index (χ4n) is 2.62. The van der Waals surface area contributed by atoms with Crippen LogP contribution in [0.15, 0.2) is 24.3 Å². The normalized spacial score (nSPS) is 10.8. The van der Waals surface area contributed by atoms with E-state index in [1.165, 1.54) is 0 Å². The fraction of sp³-hybridized carbons (Fsp3) is 0.421. The van der Waals surface area contributed by atoms with Crippen molar-refractivity contribution < 1.29 is 9.59 Å². The Morgan fingerprint density at radius 2 is 1.72 bits per heavy atom. The summed E-state index contributed by atoms with van der Waals surface area (Å²) >= 11 is 0. The summed E-state index contributed by atoms with van der Waals surface area (Å²) in [6.45, 7) is 10.9. The highest BCUT2D eigenvalue weighted by molar-refractivity contribution is 5.95. The molecule has 2 rings (SSSR count). The van der Waals surface area contributed by atoms with Gasteiger partial charge in [0.15, 0.2) is 0 Å². The zero-order valence-corrected chi connectivity index (χ0v) is 15.5. The first-order chi connectivity index (χ1) is 11.8. The Kier molecular flexibility index (Phi) is 5.96. The van der Waals surface area contributed by atoms with Crippen molar-refractivity contribution in [3.8, 4) is 0 Å². The van der Waals surface area contributed by atoms with Gasteiger partial charge in [-0.15, -0.1) is 0 Å². The lowest BCUT2D eigenvalue weighted by Crippen LogP contribution is -2.42. The van der Waals surface area contributed by atoms with Crippen LogP contribution in [0.5, 0.6) is 0 Å². The number of carbonyl (C=O) groups excluding carboxylic acids is 2. The Morgan fingerprint density at radius 3 is 2.32 bits per heavy atom. The standard InChI is InChI=1S/C19H26N4O2/c1-12(2)11-23-15(5)17(14(4)22-23)10-18(24)20-21-19(25)16-8-6-13(3)7-9-16/h6-9,12H,10-11H2,1-5H3,(H,20,24)(H,21,25). The average molecular weight is 342 g/mol. The molecule has 2 amide bonds.